The van der Waals surface area contributed by atoms with Crippen LogP contribution in [-0.2, 0) is 0 Å². The first-order valence-electron chi connectivity index (χ1n) is 13.2. The van der Waals surface area contributed by atoms with Crippen molar-refractivity contribution in [2.24, 2.45) is 5.92 Å². The number of piperidine rings is 1. The zero-order valence-corrected chi connectivity index (χ0v) is 20.0. The van der Waals surface area contributed by atoms with E-state index in [0.717, 1.165) is 56.4 Å². The molecule has 3 aromatic rings. The molecule has 2 amide bonds. The monoisotopic (exact) mass is 460 g/mol. The molecular weight excluding hydrogens is 424 g/mol. The Morgan fingerprint density at radius 1 is 1.06 bits per heavy atom. The fourth-order valence-electron chi connectivity index (χ4n) is 6.54. The Hall–Kier alpha value is -2.67. The minimum Gasteiger partial charge on any atom is -0.346 e. The number of aromatic amines is 1. The van der Waals surface area contributed by atoms with Crippen LogP contribution >= 0.6 is 0 Å². The fraction of sp³-hybridized carbons (Fsp3) is 0.593. The highest BCUT2D eigenvalue weighted by atomic mass is 16.2. The molecule has 3 aromatic heterocycles. The number of nitrogens with one attached hydrogen (secondary N) is 2. The molecule has 2 N–H and O–H groups in total. The van der Waals surface area contributed by atoms with Gasteiger partial charge in [-0.3, -0.25) is 4.98 Å². The predicted molar refractivity (Wildman–Crippen MR) is 135 cm³/mol. The predicted octanol–water partition coefficient (Wildman–Crippen LogP) is 4.65. The number of amides is 2. The van der Waals surface area contributed by atoms with E-state index in [1.165, 1.54) is 55.2 Å². The highest BCUT2D eigenvalue weighted by Gasteiger charge is 2.30. The van der Waals surface area contributed by atoms with E-state index in [9.17, 15) is 4.79 Å². The Balaban J connectivity index is 1.06. The van der Waals surface area contributed by atoms with Crippen LogP contribution in [0.1, 0.15) is 62.8 Å². The van der Waals surface area contributed by atoms with Crippen molar-refractivity contribution in [3.8, 4) is 0 Å². The molecule has 0 bridgehead atoms. The lowest BCUT2D eigenvalue weighted by Crippen LogP contribution is -2.50. The number of fused-ring (bicyclic) bond motifs is 3. The van der Waals surface area contributed by atoms with E-state index in [1.54, 1.807) is 0 Å². The Morgan fingerprint density at radius 3 is 2.76 bits per heavy atom. The van der Waals surface area contributed by atoms with Gasteiger partial charge in [0.1, 0.15) is 5.65 Å². The summed E-state index contributed by atoms with van der Waals surface area (Å²) in [6.07, 6.45) is 15.1. The molecule has 7 nitrogen and oxygen atoms in total. The van der Waals surface area contributed by atoms with Gasteiger partial charge in [-0.1, -0.05) is 6.07 Å². The van der Waals surface area contributed by atoms with Crippen LogP contribution in [0.3, 0.4) is 0 Å². The lowest BCUT2D eigenvalue weighted by molar-refractivity contribution is 0.142. The summed E-state index contributed by atoms with van der Waals surface area (Å²) in [7, 11) is 0. The van der Waals surface area contributed by atoms with Gasteiger partial charge in [-0.05, 0) is 87.9 Å². The lowest BCUT2D eigenvalue weighted by atomic mass is 9.81. The van der Waals surface area contributed by atoms with Gasteiger partial charge in [0.25, 0.3) is 0 Å². The summed E-state index contributed by atoms with van der Waals surface area (Å²) in [4.78, 5) is 30.2. The van der Waals surface area contributed by atoms with Crippen LogP contribution in [0.4, 0.5) is 4.79 Å². The summed E-state index contributed by atoms with van der Waals surface area (Å²) in [6, 6.07) is 4.58. The van der Waals surface area contributed by atoms with E-state index < -0.39 is 0 Å². The third kappa shape index (κ3) is 4.38. The number of nitrogens with zero attached hydrogens (tertiary/aromatic N) is 4. The van der Waals surface area contributed by atoms with Gasteiger partial charge in [0, 0.05) is 48.8 Å². The Bertz CT molecular complexity index is 1140. The number of rotatable bonds is 4. The average molecular weight is 461 g/mol. The molecule has 180 valence electrons. The molecule has 0 aromatic carbocycles. The van der Waals surface area contributed by atoms with Crippen LogP contribution < -0.4 is 5.32 Å². The minimum atomic E-state index is 0.155. The maximum Gasteiger partial charge on any atom is 0.317 e. The van der Waals surface area contributed by atoms with Gasteiger partial charge in [-0.15, -0.1) is 0 Å². The van der Waals surface area contributed by atoms with Crippen LogP contribution in [-0.4, -0.2) is 69.5 Å². The zero-order chi connectivity index (χ0) is 22.9. The summed E-state index contributed by atoms with van der Waals surface area (Å²) >= 11 is 0. The van der Waals surface area contributed by atoms with Crippen LogP contribution in [0.5, 0.6) is 0 Å². The molecule has 2 aliphatic heterocycles. The first kappa shape index (κ1) is 21.8. The molecule has 2 saturated heterocycles. The largest absolute Gasteiger partial charge is 0.346 e. The van der Waals surface area contributed by atoms with Crippen molar-refractivity contribution in [2.45, 2.75) is 63.3 Å². The molecule has 0 spiro atoms. The molecule has 5 heterocycles. The van der Waals surface area contributed by atoms with E-state index in [1.807, 2.05) is 18.5 Å². The average Bonchev–Trinajstić information content (AvgIpc) is 3.55. The van der Waals surface area contributed by atoms with Gasteiger partial charge in [0.2, 0.25) is 0 Å². The number of urea groups is 1. The first-order valence-corrected chi connectivity index (χ1v) is 13.2. The van der Waals surface area contributed by atoms with Gasteiger partial charge >= 0.3 is 6.03 Å². The van der Waals surface area contributed by atoms with Gasteiger partial charge in [0.05, 0.1) is 11.7 Å². The number of carbonyl (C=O) groups is 1. The molecule has 1 aliphatic carbocycles. The Kier molecular flexibility index (Phi) is 6.12. The summed E-state index contributed by atoms with van der Waals surface area (Å²) in [5.74, 6) is 1.13. The third-order valence-corrected chi connectivity index (χ3v) is 8.33. The molecule has 1 saturated carbocycles. The molecular formula is C27H36N6O. The normalized spacial score (nSPS) is 26.4. The van der Waals surface area contributed by atoms with Crippen LogP contribution in [0.25, 0.3) is 21.9 Å². The summed E-state index contributed by atoms with van der Waals surface area (Å²) in [5.41, 5.74) is 3.24. The Morgan fingerprint density at radius 2 is 1.91 bits per heavy atom. The lowest BCUT2D eigenvalue weighted by Gasteiger charge is -2.36. The van der Waals surface area contributed by atoms with Crippen molar-refractivity contribution in [2.75, 3.05) is 32.7 Å². The van der Waals surface area contributed by atoms with Gasteiger partial charge in [-0.2, -0.15) is 0 Å². The van der Waals surface area contributed by atoms with Crippen molar-refractivity contribution in [1.82, 2.24) is 30.1 Å². The number of hydrogen-bond acceptors (Lipinski definition) is 4. The zero-order valence-electron chi connectivity index (χ0n) is 20.0. The standard InChI is InChI=1S/C27H36N6O/c34-27(33-14-4-5-19(18-33)17-32-12-1-2-13-32)31-21-9-7-20(8-10-21)23-15-29-26-25(23)22-6-3-11-28-24(22)16-30-26/h3,6,11,15-16,19-21H,1-2,4-5,7-10,12-14,17-18H2,(H,29,30)(H,31,34). The van der Waals surface area contributed by atoms with Crippen LogP contribution in [0.2, 0.25) is 0 Å². The molecule has 0 radical (unpaired) electrons. The van der Waals surface area contributed by atoms with Crippen molar-refractivity contribution in [3.63, 3.8) is 0 Å². The van der Waals surface area contributed by atoms with E-state index in [2.05, 4.69) is 42.3 Å². The second-order valence-corrected chi connectivity index (χ2v) is 10.6. The molecule has 6 rings (SSSR count). The molecule has 1 unspecified atom stereocenters. The summed E-state index contributed by atoms with van der Waals surface area (Å²) in [5, 5.41) is 5.77. The number of likely N-dealkylation sites (tertiary alicyclic amines) is 2. The quantitative estimate of drug-likeness (QED) is 0.594. The van der Waals surface area contributed by atoms with Crippen molar-refractivity contribution in [1.29, 1.82) is 0 Å². The molecule has 3 fully saturated rings. The smallest absolute Gasteiger partial charge is 0.317 e. The number of hydrogen-bond donors (Lipinski definition) is 2. The van der Waals surface area contributed by atoms with Gasteiger partial charge in [-0.25, -0.2) is 9.78 Å². The first-order chi connectivity index (χ1) is 16.7. The summed E-state index contributed by atoms with van der Waals surface area (Å²) < 4.78 is 0. The molecule has 34 heavy (non-hydrogen) atoms. The van der Waals surface area contributed by atoms with Crippen molar-refractivity contribution >= 4 is 28.0 Å². The SMILES string of the molecule is O=C(NC1CCC(c2c[nH]c3ncc4ncccc4c23)CC1)N1CCCC(CN2CCCC2)C1. The van der Waals surface area contributed by atoms with E-state index in [4.69, 9.17) is 0 Å². The van der Waals surface area contributed by atoms with Crippen molar-refractivity contribution in [3.05, 3.63) is 36.3 Å². The van der Waals surface area contributed by atoms with Gasteiger partial charge < -0.3 is 20.1 Å². The van der Waals surface area contributed by atoms with Gasteiger partial charge in [0.15, 0.2) is 0 Å². The maximum absolute atomic E-state index is 13.1. The van der Waals surface area contributed by atoms with E-state index >= 15 is 0 Å². The topological polar surface area (TPSA) is 77.1 Å². The van der Waals surface area contributed by atoms with Crippen molar-refractivity contribution < 1.29 is 4.79 Å². The number of aromatic nitrogens is 3. The van der Waals surface area contributed by atoms with E-state index in [0.29, 0.717) is 11.8 Å². The third-order valence-electron chi connectivity index (χ3n) is 8.33. The fourth-order valence-corrected chi connectivity index (χ4v) is 6.54. The minimum absolute atomic E-state index is 0.155. The van der Waals surface area contributed by atoms with E-state index in [-0.39, 0.29) is 12.1 Å². The second kappa shape index (κ2) is 9.53. The van der Waals surface area contributed by atoms with Crippen LogP contribution in [0, 0.1) is 5.92 Å². The van der Waals surface area contributed by atoms with Crippen LogP contribution in [0.15, 0.2) is 30.7 Å². The number of carbonyl (C=O) groups excluding carboxylic acids is 1. The Labute approximate surface area is 201 Å². The summed E-state index contributed by atoms with van der Waals surface area (Å²) in [6.45, 7) is 5.47. The highest BCUT2D eigenvalue weighted by molar-refractivity contribution is 6.05. The molecule has 3 aliphatic rings. The maximum atomic E-state index is 13.1. The highest BCUT2D eigenvalue weighted by Crippen LogP contribution is 2.38. The number of pyridine rings is 2. The second-order valence-electron chi connectivity index (χ2n) is 10.6. The molecule has 7 heteroatoms. The number of H-pyrrole nitrogens is 1. The molecule has 1 atom stereocenters.